The summed E-state index contributed by atoms with van der Waals surface area (Å²) < 4.78 is 44.2. The number of benzene rings is 1. The number of hydrogen-bond acceptors (Lipinski definition) is 4. The van der Waals surface area contributed by atoms with Gasteiger partial charge in [-0.15, -0.1) is 0 Å². The van der Waals surface area contributed by atoms with E-state index in [0.717, 1.165) is 6.26 Å². The number of rotatable bonds is 9. The Morgan fingerprint density at radius 1 is 1.35 bits per heavy atom. The zero-order valence-corrected chi connectivity index (χ0v) is 16.8. The molecule has 0 spiro atoms. The Morgan fingerprint density at radius 3 is 2.62 bits per heavy atom. The van der Waals surface area contributed by atoms with E-state index in [9.17, 15) is 12.8 Å². The average molecular weight is 389 g/mol. The minimum Gasteiger partial charge on any atom is -0.489 e. The van der Waals surface area contributed by atoms with Crippen LogP contribution in [0.1, 0.15) is 27.7 Å². The van der Waals surface area contributed by atoms with Gasteiger partial charge in [0.05, 0.1) is 19.3 Å². The van der Waals surface area contributed by atoms with Crippen molar-refractivity contribution in [1.29, 1.82) is 0 Å². The number of nitrogens with one attached hydrogen (secondary N) is 3. The molecule has 0 aliphatic carbocycles. The summed E-state index contributed by atoms with van der Waals surface area (Å²) in [5.74, 6) is 0.656. The lowest BCUT2D eigenvalue weighted by molar-refractivity contribution is 0.223. The molecule has 0 saturated heterocycles. The van der Waals surface area contributed by atoms with Crippen LogP contribution in [-0.2, 0) is 10.0 Å². The van der Waals surface area contributed by atoms with Crippen LogP contribution < -0.4 is 20.1 Å². The van der Waals surface area contributed by atoms with Crippen LogP contribution in [0.15, 0.2) is 29.3 Å². The molecule has 0 saturated carbocycles. The monoisotopic (exact) mass is 388 g/mol. The van der Waals surface area contributed by atoms with E-state index >= 15 is 0 Å². The fourth-order valence-electron chi connectivity index (χ4n) is 2.21. The van der Waals surface area contributed by atoms with Gasteiger partial charge in [-0.25, -0.2) is 17.5 Å². The highest BCUT2D eigenvalue weighted by Crippen LogP contribution is 2.13. The molecule has 1 unspecified atom stereocenters. The zero-order chi connectivity index (χ0) is 19.8. The van der Waals surface area contributed by atoms with Crippen molar-refractivity contribution in [3.05, 3.63) is 30.1 Å². The molecule has 1 aromatic rings. The first kappa shape index (κ1) is 22.2. The molecule has 0 radical (unpaired) electrons. The summed E-state index contributed by atoms with van der Waals surface area (Å²) in [5.41, 5.74) is -0.709. The second-order valence-corrected chi connectivity index (χ2v) is 8.47. The molecule has 0 fully saturated rings. The van der Waals surface area contributed by atoms with Gasteiger partial charge in [-0.1, -0.05) is 6.07 Å². The Balaban J connectivity index is 2.61. The van der Waals surface area contributed by atoms with Gasteiger partial charge in [-0.3, -0.25) is 4.99 Å². The fraction of sp³-hybridized carbons (Fsp3) is 0.588. The van der Waals surface area contributed by atoms with Gasteiger partial charge in [-0.2, -0.15) is 0 Å². The zero-order valence-electron chi connectivity index (χ0n) is 16.0. The van der Waals surface area contributed by atoms with Crippen molar-refractivity contribution >= 4 is 16.0 Å². The van der Waals surface area contributed by atoms with Crippen LogP contribution in [0.2, 0.25) is 0 Å². The van der Waals surface area contributed by atoms with E-state index in [1.54, 1.807) is 26.0 Å². The van der Waals surface area contributed by atoms with E-state index in [1.165, 1.54) is 12.1 Å². The minimum absolute atomic E-state index is 0.220. The van der Waals surface area contributed by atoms with E-state index in [0.29, 0.717) is 24.8 Å². The SMILES string of the molecule is CCNC(=NCC(C)(C)NS(C)(=O)=O)NCC(C)Oc1cccc(F)c1. The predicted molar refractivity (Wildman–Crippen MR) is 103 cm³/mol. The molecule has 9 heteroatoms. The molecule has 0 aromatic heterocycles. The van der Waals surface area contributed by atoms with Gasteiger partial charge in [0.25, 0.3) is 0 Å². The summed E-state index contributed by atoms with van der Waals surface area (Å²) in [5, 5.41) is 6.23. The number of aliphatic imine (C=N–C) groups is 1. The van der Waals surface area contributed by atoms with Crippen LogP contribution in [0.5, 0.6) is 5.75 Å². The number of guanidine groups is 1. The molecule has 0 amide bonds. The van der Waals surface area contributed by atoms with Crippen molar-refractivity contribution in [1.82, 2.24) is 15.4 Å². The highest BCUT2D eigenvalue weighted by molar-refractivity contribution is 7.88. The topological polar surface area (TPSA) is 91.8 Å². The Bertz CT molecular complexity index is 708. The molecular formula is C17H29FN4O3S. The lowest BCUT2D eigenvalue weighted by Gasteiger charge is -2.24. The van der Waals surface area contributed by atoms with Crippen molar-refractivity contribution in [3.8, 4) is 5.75 Å². The smallest absolute Gasteiger partial charge is 0.209 e. The summed E-state index contributed by atoms with van der Waals surface area (Å²) in [6.07, 6.45) is 0.899. The van der Waals surface area contributed by atoms with Crippen molar-refractivity contribution < 1.29 is 17.5 Å². The lowest BCUT2D eigenvalue weighted by Crippen LogP contribution is -2.47. The molecule has 7 nitrogen and oxygen atoms in total. The highest BCUT2D eigenvalue weighted by Gasteiger charge is 2.22. The van der Waals surface area contributed by atoms with Crippen LogP contribution in [0.3, 0.4) is 0 Å². The van der Waals surface area contributed by atoms with E-state index in [2.05, 4.69) is 20.3 Å². The Morgan fingerprint density at radius 2 is 2.04 bits per heavy atom. The molecule has 0 bridgehead atoms. The van der Waals surface area contributed by atoms with Gasteiger partial charge in [-0.05, 0) is 39.8 Å². The van der Waals surface area contributed by atoms with Crippen LogP contribution in [0.25, 0.3) is 0 Å². The third-order valence-corrected chi connectivity index (χ3v) is 4.05. The molecule has 148 valence electrons. The third kappa shape index (κ3) is 9.57. The van der Waals surface area contributed by atoms with E-state index in [-0.39, 0.29) is 18.5 Å². The van der Waals surface area contributed by atoms with Gasteiger partial charge in [0.1, 0.15) is 17.7 Å². The normalized spacial score (nSPS) is 14.0. The Labute approximate surface area is 155 Å². The van der Waals surface area contributed by atoms with Crippen molar-refractivity contribution in [2.45, 2.75) is 39.3 Å². The number of sulfonamides is 1. The molecular weight excluding hydrogens is 359 g/mol. The summed E-state index contributed by atoms with van der Waals surface area (Å²) in [4.78, 5) is 4.41. The quantitative estimate of drug-likeness (QED) is 0.440. The predicted octanol–water partition coefficient (Wildman–Crippen LogP) is 1.48. The summed E-state index contributed by atoms with van der Waals surface area (Å²) in [7, 11) is -3.32. The molecule has 1 atom stereocenters. The first-order chi connectivity index (χ1) is 12.0. The summed E-state index contributed by atoms with van der Waals surface area (Å²) in [6, 6.07) is 5.97. The maximum Gasteiger partial charge on any atom is 0.209 e. The first-order valence-corrected chi connectivity index (χ1v) is 10.3. The van der Waals surface area contributed by atoms with Crippen LogP contribution in [-0.4, -0.2) is 51.9 Å². The molecule has 1 rings (SSSR count). The maximum atomic E-state index is 13.2. The van der Waals surface area contributed by atoms with E-state index in [4.69, 9.17) is 4.74 Å². The van der Waals surface area contributed by atoms with Crippen LogP contribution >= 0.6 is 0 Å². The molecule has 0 aliphatic rings. The van der Waals surface area contributed by atoms with Gasteiger partial charge in [0.15, 0.2) is 5.96 Å². The van der Waals surface area contributed by atoms with Crippen molar-refractivity contribution in [3.63, 3.8) is 0 Å². The summed E-state index contributed by atoms with van der Waals surface area (Å²) in [6.45, 7) is 8.68. The van der Waals surface area contributed by atoms with Gasteiger partial charge >= 0.3 is 0 Å². The van der Waals surface area contributed by atoms with Gasteiger partial charge in [0.2, 0.25) is 10.0 Å². The number of nitrogens with zero attached hydrogens (tertiary/aromatic N) is 1. The van der Waals surface area contributed by atoms with E-state index < -0.39 is 15.6 Å². The molecule has 1 aromatic carbocycles. The first-order valence-electron chi connectivity index (χ1n) is 8.44. The molecule has 26 heavy (non-hydrogen) atoms. The fourth-order valence-corrected chi connectivity index (χ4v) is 3.28. The van der Waals surface area contributed by atoms with Crippen molar-refractivity contribution in [2.75, 3.05) is 25.9 Å². The second-order valence-electron chi connectivity index (χ2n) is 6.72. The average Bonchev–Trinajstić information content (AvgIpc) is 2.47. The highest BCUT2D eigenvalue weighted by atomic mass is 32.2. The maximum absolute atomic E-state index is 13.2. The molecule has 3 N–H and O–H groups in total. The number of ether oxygens (including phenoxy) is 1. The third-order valence-electron chi connectivity index (χ3n) is 3.13. The summed E-state index contributed by atoms with van der Waals surface area (Å²) >= 11 is 0. The van der Waals surface area contributed by atoms with Crippen LogP contribution in [0.4, 0.5) is 4.39 Å². The standard InChI is InChI=1S/C17H29FN4O3S/c1-6-19-16(21-12-17(3,4)22-26(5,23)24)20-11-13(2)25-15-9-7-8-14(18)10-15/h7-10,13,22H,6,11-12H2,1-5H3,(H2,19,20,21). The van der Waals surface area contributed by atoms with Gasteiger partial charge < -0.3 is 15.4 Å². The number of hydrogen-bond donors (Lipinski definition) is 3. The second kappa shape index (κ2) is 9.72. The Hall–Kier alpha value is -1.87. The molecule has 0 heterocycles. The minimum atomic E-state index is -3.32. The largest absolute Gasteiger partial charge is 0.489 e. The van der Waals surface area contributed by atoms with Crippen LogP contribution in [0, 0.1) is 5.82 Å². The van der Waals surface area contributed by atoms with Crippen molar-refractivity contribution in [2.24, 2.45) is 4.99 Å². The van der Waals surface area contributed by atoms with E-state index in [1.807, 2.05) is 13.8 Å². The molecule has 0 aliphatic heterocycles. The van der Waals surface area contributed by atoms with Gasteiger partial charge in [0, 0.05) is 18.2 Å². The number of halogens is 1. The lowest BCUT2D eigenvalue weighted by atomic mass is 10.1. The Kier molecular flexibility index (Phi) is 8.29.